The largest absolute Gasteiger partial charge is 0.469 e. The molecule has 1 saturated carbocycles. The highest BCUT2D eigenvalue weighted by Crippen LogP contribution is 2.35. The van der Waals surface area contributed by atoms with Gasteiger partial charge in [0.05, 0.1) is 24.3 Å². The topological polar surface area (TPSA) is 99.2 Å². The van der Waals surface area contributed by atoms with Gasteiger partial charge in [-0.05, 0) is 105 Å². The lowest BCUT2D eigenvalue weighted by molar-refractivity contribution is -0.146. The van der Waals surface area contributed by atoms with Crippen LogP contribution < -0.4 is 5.73 Å². The zero-order valence-corrected chi connectivity index (χ0v) is 25.4. The van der Waals surface area contributed by atoms with Crippen LogP contribution in [0.5, 0.6) is 0 Å². The first-order chi connectivity index (χ1) is 22.0. The van der Waals surface area contributed by atoms with E-state index in [1.807, 2.05) is 28.8 Å². The van der Waals surface area contributed by atoms with Gasteiger partial charge in [0.15, 0.2) is 11.5 Å². The van der Waals surface area contributed by atoms with Gasteiger partial charge in [-0.15, -0.1) is 0 Å². The standard InChI is InChI=1S/C36H37FN6O2/c1-45-36(44)25-10-8-23(9-11-25)21-42-20-18-26(22-42)24-12-14-27(15-13-24)43-34(29-6-4-19-39-33(29)38)41-32-17-16-31(40-35(32)43)28-5-2-3-7-30(28)37/h2-7,12-17,19,23,25-26H,8-11,18,20-22H2,1H3,(H2,38,39). The van der Waals surface area contributed by atoms with E-state index in [0.29, 0.717) is 51.5 Å². The summed E-state index contributed by atoms with van der Waals surface area (Å²) < 4.78 is 21.7. The number of aromatic nitrogens is 4. The van der Waals surface area contributed by atoms with E-state index in [1.165, 1.54) is 18.7 Å². The van der Waals surface area contributed by atoms with E-state index >= 15 is 0 Å². The molecule has 9 heteroatoms. The lowest BCUT2D eigenvalue weighted by Gasteiger charge is -2.30. The molecular formula is C36H37FN6O2. The van der Waals surface area contributed by atoms with Crippen LogP contribution in [-0.2, 0) is 9.53 Å². The van der Waals surface area contributed by atoms with E-state index in [2.05, 4.69) is 34.1 Å². The molecule has 45 heavy (non-hydrogen) atoms. The van der Waals surface area contributed by atoms with Crippen molar-refractivity contribution >= 4 is 23.0 Å². The second kappa shape index (κ2) is 12.4. The van der Waals surface area contributed by atoms with Crippen molar-refractivity contribution in [1.29, 1.82) is 0 Å². The van der Waals surface area contributed by atoms with Gasteiger partial charge < -0.3 is 15.4 Å². The molecule has 0 radical (unpaired) electrons. The molecule has 2 aliphatic rings. The van der Waals surface area contributed by atoms with E-state index in [9.17, 15) is 9.18 Å². The highest BCUT2D eigenvalue weighted by molar-refractivity contribution is 5.84. The molecule has 2 aromatic carbocycles. The zero-order valence-electron chi connectivity index (χ0n) is 25.4. The van der Waals surface area contributed by atoms with Crippen molar-refractivity contribution in [3.63, 3.8) is 0 Å². The summed E-state index contributed by atoms with van der Waals surface area (Å²) in [6.07, 6.45) is 6.82. The molecule has 7 rings (SSSR count). The van der Waals surface area contributed by atoms with Crippen LogP contribution in [-0.4, -0.2) is 57.1 Å². The first kappa shape index (κ1) is 29.1. The monoisotopic (exact) mass is 604 g/mol. The Bertz CT molecular complexity index is 1830. The Morgan fingerprint density at radius 3 is 2.47 bits per heavy atom. The number of ether oxygens (including phenoxy) is 1. The van der Waals surface area contributed by atoms with Crippen LogP contribution in [0.25, 0.3) is 39.5 Å². The SMILES string of the molecule is COC(=O)C1CCC(CN2CCC(c3ccc(-n4c(-c5cccnc5N)nc5ccc(-c6ccccc6F)nc54)cc3)C2)CC1. The number of anilines is 1. The molecule has 4 heterocycles. The summed E-state index contributed by atoms with van der Waals surface area (Å²) in [7, 11) is 1.49. The third kappa shape index (κ3) is 5.80. The molecule has 8 nitrogen and oxygen atoms in total. The maximum atomic E-state index is 14.7. The number of pyridine rings is 2. The maximum absolute atomic E-state index is 14.7. The van der Waals surface area contributed by atoms with E-state index in [0.717, 1.165) is 57.4 Å². The Labute approximate surface area is 262 Å². The van der Waals surface area contributed by atoms with Gasteiger partial charge in [-0.3, -0.25) is 9.36 Å². The minimum absolute atomic E-state index is 0.0563. The molecule has 1 aliphatic heterocycles. The van der Waals surface area contributed by atoms with Crippen molar-refractivity contribution in [3.8, 4) is 28.3 Å². The van der Waals surface area contributed by atoms with Gasteiger partial charge >= 0.3 is 5.97 Å². The summed E-state index contributed by atoms with van der Waals surface area (Å²) in [5.41, 5.74) is 11.5. The molecule has 0 amide bonds. The van der Waals surface area contributed by atoms with E-state index in [1.54, 1.807) is 24.4 Å². The lowest BCUT2D eigenvalue weighted by atomic mass is 9.82. The van der Waals surface area contributed by atoms with Crippen LogP contribution in [0.2, 0.25) is 0 Å². The van der Waals surface area contributed by atoms with Gasteiger partial charge in [-0.25, -0.2) is 19.3 Å². The molecule has 3 aromatic heterocycles. The molecule has 1 saturated heterocycles. The average Bonchev–Trinajstić information content (AvgIpc) is 3.70. The molecule has 0 spiro atoms. The number of benzene rings is 2. The number of halogens is 1. The summed E-state index contributed by atoms with van der Waals surface area (Å²) in [6, 6.07) is 22.7. The minimum Gasteiger partial charge on any atom is -0.469 e. The number of likely N-dealkylation sites (tertiary alicyclic amines) is 1. The number of imidazole rings is 1. The van der Waals surface area contributed by atoms with Crippen LogP contribution >= 0.6 is 0 Å². The minimum atomic E-state index is -0.323. The fraction of sp³-hybridized carbons (Fsp3) is 0.333. The van der Waals surface area contributed by atoms with Crippen LogP contribution in [0, 0.1) is 17.7 Å². The molecule has 2 fully saturated rings. The zero-order chi connectivity index (χ0) is 30.9. The summed E-state index contributed by atoms with van der Waals surface area (Å²) in [6.45, 7) is 3.22. The Morgan fingerprint density at radius 1 is 0.933 bits per heavy atom. The second-order valence-corrected chi connectivity index (χ2v) is 12.3. The van der Waals surface area contributed by atoms with E-state index in [4.69, 9.17) is 20.4 Å². The summed E-state index contributed by atoms with van der Waals surface area (Å²) >= 11 is 0. The van der Waals surface area contributed by atoms with Gasteiger partial charge in [0.25, 0.3) is 0 Å². The summed E-state index contributed by atoms with van der Waals surface area (Å²) in [5.74, 6) is 1.81. The molecule has 0 bridgehead atoms. The molecule has 1 atom stereocenters. The third-order valence-electron chi connectivity index (χ3n) is 9.53. The number of fused-ring (bicyclic) bond motifs is 1. The third-order valence-corrected chi connectivity index (χ3v) is 9.53. The van der Waals surface area contributed by atoms with Crippen molar-refractivity contribution in [2.75, 3.05) is 32.5 Å². The van der Waals surface area contributed by atoms with E-state index < -0.39 is 0 Å². The van der Waals surface area contributed by atoms with Crippen molar-refractivity contribution in [3.05, 3.63) is 90.4 Å². The van der Waals surface area contributed by atoms with Crippen molar-refractivity contribution < 1.29 is 13.9 Å². The number of carbonyl (C=O) groups is 1. The normalized spacial score (nSPS) is 20.4. The lowest BCUT2D eigenvalue weighted by Crippen LogP contribution is -2.31. The molecule has 1 unspecified atom stereocenters. The highest BCUT2D eigenvalue weighted by atomic mass is 19.1. The Hall–Kier alpha value is -4.63. The predicted octanol–water partition coefficient (Wildman–Crippen LogP) is 6.64. The van der Waals surface area contributed by atoms with Gasteiger partial charge in [0, 0.05) is 30.5 Å². The highest BCUT2D eigenvalue weighted by Gasteiger charge is 2.31. The number of hydrogen-bond acceptors (Lipinski definition) is 7. The van der Waals surface area contributed by atoms with Crippen LogP contribution in [0.15, 0.2) is 79.0 Å². The second-order valence-electron chi connectivity index (χ2n) is 12.3. The molecule has 230 valence electrons. The summed E-state index contributed by atoms with van der Waals surface area (Å²) in [5, 5.41) is 0. The number of nitrogens with zero attached hydrogens (tertiary/aromatic N) is 5. The fourth-order valence-electron chi connectivity index (χ4n) is 7.09. The smallest absolute Gasteiger partial charge is 0.308 e. The first-order valence-electron chi connectivity index (χ1n) is 15.7. The van der Waals surface area contributed by atoms with Crippen LogP contribution in [0.1, 0.15) is 43.6 Å². The van der Waals surface area contributed by atoms with Gasteiger partial charge in [0.2, 0.25) is 0 Å². The quantitative estimate of drug-likeness (QED) is 0.208. The average molecular weight is 605 g/mol. The Morgan fingerprint density at radius 2 is 1.71 bits per heavy atom. The van der Waals surface area contributed by atoms with Gasteiger partial charge in [-0.2, -0.15) is 0 Å². The number of rotatable bonds is 7. The number of esters is 1. The van der Waals surface area contributed by atoms with Crippen molar-refractivity contribution in [2.45, 2.75) is 38.0 Å². The Kier molecular flexibility index (Phi) is 8.02. The Balaban J connectivity index is 1.15. The first-order valence-corrected chi connectivity index (χ1v) is 15.7. The van der Waals surface area contributed by atoms with Crippen molar-refractivity contribution in [2.24, 2.45) is 11.8 Å². The summed E-state index contributed by atoms with van der Waals surface area (Å²) in [4.78, 5) is 28.6. The molecule has 2 N–H and O–H groups in total. The van der Waals surface area contributed by atoms with Crippen molar-refractivity contribution in [1.82, 2.24) is 24.4 Å². The van der Waals surface area contributed by atoms with Gasteiger partial charge in [0.1, 0.15) is 17.2 Å². The molecule has 5 aromatic rings. The molecule has 1 aliphatic carbocycles. The predicted molar refractivity (Wildman–Crippen MR) is 173 cm³/mol. The fourth-order valence-corrected chi connectivity index (χ4v) is 7.09. The number of nitrogen functional groups attached to an aromatic ring is 1. The number of carbonyl (C=O) groups excluding carboxylic acids is 1. The van der Waals surface area contributed by atoms with Crippen LogP contribution in [0.3, 0.4) is 0 Å². The maximum Gasteiger partial charge on any atom is 0.308 e. The van der Waals surface area contributed by atoms with Gasteiger partial charge in [-0.1, -0.05) is 24.3 Å². The van der Waals surface area contributed by atoms with E-state index in [-0.39, 0.29) is 17.7 Å². The number of nitrogens with two attached hydrogens (primary N) is 1. The van der Waals surface area contributed by atoms with Crippen LogP contribution in [0.4, 0.5) is 10.2 Å². The molecular weight excluding hydrogens is 567 g/mol. The number of methoxy groups -OCH3 is 1. The number of hydrogen-bond donors (Lipinski definition) is 1.